The number of carbonyl (C=O) groups excluding carboxylic acids is 2. The molecule has 1 aliphatic heterocycles. The first-order chi connectivity index (χ1) is 24.0. The fourth-order valence-electron chi connectivity index (χ4n) is 6.63. The van der Waals surface area contributed by atoms with Gasteiger partial charge in [0.05, 0.1) is 12.8 Å². The van der Waals surface area contributed by atoms with Crippen LogP contribution in [0.5, 0.6) is 5.75 Å². The summed E-state index contributed by atoms with van der Waals surface area (Å²) in [5.74, 6) is -0.252. The van der Waals surface area contributed by atoms with Gasteiger partial charge in [-0.1, -0.05) is 151 Å². The number of carbonyl (C=O) groups is 2. The Labute approximate surface area is 291 Å². The molecule has 0 radical (unpaired) electrons. The molecule has 7 rings (SSSR count). The highest BCUT2D eigenvalue weighted by molar-refractivity contribution is 7.81. The third-order valence-electron chi connectivity index (χ3n) is 8.76. The van der Waals surface area contributed by atoms with Crippen molar-refractivity contribution in [3.8, 4) is 17.0 Å². The molecule has 1 aromatic heterocycles. The lowest BCUT2D eigenvalue weighted by Crippen LogP contribution is -2.53. The summed E-state index contributed by atoms with van der Waals surface area (Å²) < 4.78 is 26.2. The lowest BCUT2D eigenvalue weighted by atomic mass is 9.80. The lowest BCUT2D eigenvalue weighted by Gasteiger charge is -2.43. The van der Waals surface area contributed by atoms with E-state index in [1.165, 1.54) is 18.4 Å². The number of hydrogen-bond acceptors (Lipinski definition) is 8. The summed E-state index contributed by atoms with van der Waals surface area (Å²) in [5.41, 5.74) is 2.12. The molecule has 0 saturated carbocycles. The van der Waals surface area contributed by atoms with E-state index in [0.717, 1.165) is 16.7 Å². The van der Waals surface area contributed by atoms with Gasteiger partial charge < -0.3 is 13.8 Å². The lowest BCUT2D eigenvalue weighted by molar-refractivity contribution is -0.142. The SMILES string of the molecule is COC(=O)[C@H]1C[C@@H](S(=O)Oc2ccccc2)C(c2ccccc2)(c2ccccc2)N1c1nc(-c2ccccc2)c(C(=O)c2ccccc2)s1. The van der Waals surface area contributed by atoms with E-state index < -0.39 is 33.9 Å². The number of benzene rings is 5. The average molecular weight is 685 g/mol. The average Bonchev–Trinajstić information content (AvgIpc) is 3.77. The van der Waals surface area contributed by atoms with Crippen LogP contribution in [0.1, 0.15) is 32.8 Å². The van der Waals surface area contributed by atoms with Gasteiger partial charge in [-0.05, 0) is 29.7 Å². The standard InChI is InChI=1S/C40H32N2O5S2/c1-46-38(44)33-27-34(49(45)47-32-25-15-6-16-26-32)40(30-21-11-4-12-22-30,31-23-13-5-14-24-31)42(33)39-41-35(28-17-7-2-8-18-28)37(48-39)36(43)29-19-9-3-10-20-29/h2-26,33-34H,27H2,1H3/t33-,34-,49?/m1/s1. The van der Waals surface area contributed by atoms with E-state index in [2.05, 4.69) is 0 Å². The van der Waals surface area contributed by atoms with E-state index >= 15 is 0 Å². The van der Waals surface area contributed by atoms with E-state index in [9.17, 15) is 13.8 Å². The highest BCUT2D eigenvalue weighted by atomic mass is 32.2. The minimum atomic E-state index is -1.96. The molecule has 2 heterocycles. The van der Waals surface area contributed by atoms with Crippen LogP contribution >= 0.6 is 11.3 Å². The van der Waals surface area contributed by atoms with Crippen molar-refractivity contribution in [1.29, 1.82) is 0 Å². The predicted molar refractivity (Wildman–Crippen MR) is 193 cm³/mol. The maximum atomic E-state index is 14.6. The fourth-order valence-corrected chi connectivity index (χ4v) is 9.21. The van der Waals surface area contributed by atoms with Gasteiger partial charge in [0.25, 0.3) is 0 Å². The molecule has 5 aromatic carbocycles. The Morgan fingerprint density at radius 2 is 1.27 bits per heavy atom. The monoisotopic (exact) mass is 684 g/mol. The van der Waals surface area contributed by atoms with Crippen molar-refractivity contribution < 1.29 is 22.7 Å². The Kier molecular flexibility index (Phi) is 9.19. The number of nitrogens with zero attached hydrogens (tertiary/aromatic N) is 2. The van der Waals surface area contributed by atoms with Crippen LogP contribution in [0, 0.1) is 0 Å². The van der Waals surface area contributed by atoms with E-state index in [0.29, 0.717) is 27.0 Å². The molecule has 49 heavy (non-hydrogen) atoms. The zero-order valence-electron chi connectivity index (χ0n) is 26.5. The molecular weight excluding hydrogens is 653 g/mol. The van der Waals surface area contributed by atoms with E-state index in [1.807, 2.05) is 132 Å². The van der Waals surface area contributed by atoms with Crippen LogP contribution in [0.15, 0.2) is 152 Å². The Balaban J connectivity index is 1.51. The highest BCUT2D eigenvalue weighted by Crippen LogP contribution is 2.53. The summed E-state index contributed by atoms with van der Waals surface area (Å²) >= 11 is -0.750. The molecule has 0 spiro atoms. The van der Waals surface area contributed by atoms with Gasteiger partial charge in [-0.3, -0.25) is 4.79 Å². The van der Waals surface area contributed by atoms with Gasteiger partial charge in [0.2, 0.25) is 16.9 Å². The number of methoxy groups -OCH3 is 1. The zero-order valence-corrected chi connectivity index (χ0v) is 28.2. The van der Waals surface area contributed by atoms with Crippen LogP contribution in [-0.2, 0) is 26.2 Å². The summed E-state index contributed by atoms with van der Waals surface area (Å²) in [6.07, 6.45) is 0.123. The minimum absolute atomic E-state index is 0.123. The Morgan fingerprint density at radius 3 is 1.82 bits per heavy atom. The highest BCUT2D eigenvalue weighted by Gasteiger charge is 2.62. The number of anilines is 1. The van der Waals surface area contributed by atoms with Gasteiger partial charge in [0.1, 0.15) is 27.5 Å². The topological polar surface area (TPSA) is 85.8 Å². The van der Waals surface area contributed by atoms with Crippen molar-refractivity contribution >= 4 is 39.3 Å². The Hall–Kier alpha value is -5.38. The molecule has 0 amide bonds. The van der Waals surface area contributed by atoms with Crippen LogP contribution in [0.2, 0.25) is 0 Å². The fraction of sp³-hybridized carbons (Fsp3) is 0.125. The second kappa shape index (κ2) is 14.0. The number of ketones is 1. The third kappa shape index (κ3) is 5.96. The predicted octanol–water partition coefficient (Wildman–Crippen LogP) is 7.85. The van der Waals surface area contributed by atoms with Gasteiger partial charge in [0.15, 0.2) is 5.13 Å². The largest absolute Gasteiger partial charge is 0.467 e. The normalized spacial score (nSPS) is 17.3. The molecule has 0 aliphatic carbocycles. The van der Waals surface area contributed by atoms with Gasteiger partial charge in [0, 0.05) is 11.1 Å². The number of hydrogen-bond donors (Lipinski definition) is 0. The van der Waals surface area contributed by atoms with Crippen LogP contribution in [-0.4, -0.2) is 39.3 Å². The van der Waals surface area contributed by atoms with Crippen LogP contribution in [0.4, 0.5) is 5.13 Å². The summed E-state index contributed by atoms with van der Waals surface area (Å²) in [4.78, 5) is 35.6. The van der Waals surface area contributed by atoms with E-state index in [4.69, 9.17) is 13.9 Å². The molecule has 1 fully saturated rings. The van der Waals surface area contributed by atoms with E-state index in [-0.39, 0.29) is 12.2 Å². The number of para-hydroxylation sites is 1. The first kappa shape index (κ1) is 32.2. The number of rotatable bonds is 10. The molecule has 3 atom stereocenters. The van der Waals surface area contributed by atoms with Crippen LogP contribution < -0.4 is 9.08 Å². The third-order valence-corrected chi connectivity index (χ3v) is 11.2. The summed E-state index contributed by atoms with van der Waals surface area (Å²) in [7, 11) is 1.35. The molecule has 0 N–H and O–H groups in total. The summed E-state index contributed by atoms with van der Waals surface area (Å²) in [5, 5.41) is -0.362. The van der Waals surface area contributed by atoms with Crippen LogP contribution in [0.25, 0.3) is 11.3 Å². The van der Waals surface area contributed by atoms with Crippen molar-refractivity contribution in [2.24, 2.45) is 0 Å². The Morgan fingerprint density at radius 1 is 0.755 bits per heavy atom. The van der Waals surface area contributed by atoms with Crippen molar-refractivity contribution in [2.45, 2.75) is 23.3 Å². The van der Waals surface area contributed by atoms with Gasteiger partial charge in [-0.2, -0.15) is 0 Å². The molecule has 6 aromatic rings. The first-order valence-electron chi connectivity index (χ1n) is 15.8. The molecule has 0 bridgehead atoms. The van der Waals surface area contributed by atoms with Gasteiger partial charge in [-0.15, -0.1) is 0 Å². The maximum absolute atomic E-state index is 14.6. The molecule has 1 saturated heterocycles. The van der Waals surface area contributed by atoms with Crippen molar-refractivity contribution in [2.75, 3.05) is 12.0 Å². The maximum Gasteiger partial charge on any atom is 0.328 e. The molecule has 9 heteroatoms. The van der Waals surface area contributed by atoms with E-state index in [1.54, 1.807) is 24.3 Å². The van der Waals surface area contributed by atoms with Crippen molar-refractivity contribution in [3.63, 3.8) is 0 Å². The van der Waals surface area contributed by atoms with Crippen molar-refractivity contribution in [3.05, 3.63) is 173 Å². The van der Waals surface area contributed by atoms with Gasteiger partial charge in [-0.25, -0.2) is 14.0 Å². The first-order valence-corrected chi connectivity index (χ1v) is 17.8. The quantitative estimate of drug-likeness (QED) is 0.107. The number of aromatic nitrogens is 1. The second-order valence-corrected chi connectivity index (χ2v) is 13.8. The molecule has 244 valence electrons. The van der Waals surface area contributed by atoms with Crippen molar-refractivity contribution in [1.82, 2.24) is 4.98 Å². The minimum Gasteiger partial charge on any atom is -0.467 e. The number of ether oxygens (including phenoxy) is 1. The summed E-state index contributed by atoms with van der Waals surface area (Å²) in [6, 6.07) is 46.1. The smallest absolute Gasteiger partial charge is 0.328 e. The second-order valence-electron chi connectivity index (χ2n) is 11.5. The van der Waals surface area contributed by atoms with Crippen LogP contribution in [0.3, 0.4) is 0 Å². The molecular formula is C40H32N2O5S2. The number of esters is 1. The Bertz CT molecular complexity index is 2040. The molecule has 7 nitrogen and oxygen atoms in total. The molecule has 1 unspecified atom stereocenters. The number of thiazole rings is 1. The van der Waals surface area contributed by atoms with Gasteiger partial charge >= 0.3 is 5.97 Å². The molecule has 1 aliphatic rings. The summed E-state index contributed by atoms with van der Waals surface area (Å²) in [6.45, 7) is 0. The zero-order chi connectivity index (χ0) is 33.8.